The fourth-order valence-corrected chi connectivity index (χ4v) is 2.68. The number of nitrogens with zero attached hydrogens (tertiary/aromatic N) is 2. The molecule has 70 valence electrons. The van der Waals surface area contributed by atoms with E-state index >= 15 is 0 Å². The van der Waals surface area contributed by atoms with Crippen LogP contribution in [0.5, 0.6) is 0 Å². The molecule has 1 aromatic rings. The summed E-state index contributed by atoms with van der Waals surface area (Å²) in [7, 11) is 0. The number of aliphatic hydroxyl groups is 1. The predicted octanol–water partition coefficient (Wildman–Crippen LogP) is 1.48. The van der Waals surface area contributed by atoms with Gasteiger partial charge in [-0.1, -0.05) is 11.8 Å². The second-order valence-electron chi connectivity index (χ2n) is 3.20. The molecule has 0 spiro atoms. The van der Waals surface area contributed by atoms with Crippen molar-refractivity contribution >= 4 is 11.8 Å². The molecule has 0 saturated heterocycles. The highest BCUT2D eigenvalue weighted by molar-refractivity contribution is 7.99. The van der Waals surface area contributed by atoms with Gasteiger partial charge < -0.3 is 5.11 Å². The van der Waals surface area contributed by atoms with E-state index in [2.05, 4.69) is 9.97 Å². The fraction of sp³-hybridized carbons (Fsp3) is 0.556. The highest BCUT2D eigenvalue weighted by atomic mass is 32.2. The van der Waals surface area contributed by atoms with Crippen LogP contribution in [0.25, 0.3) is 0 Å². The number of hydrogen-bond acceptors (Lipinski definition) is 4. The molecule has 1 saturated carbocycles. The van der Waals surface area contributed by atoms with Gasteiger partial charge in [0.15, 0.2) is 0 Å². The minimum absolute atomic E-state index is 0.160. The molecule has 1 fully saturated rings. The molecule has 2 rings (SSSR count). The maximum Gasteiger partial charge on any atom is 0.115 e. The summed E-state index contributed by atoms with van der Waals surface area (Å²) in [5.74, 6) is 0. The Labute approximate surface area is 81.6 Å². The average molecular weight is 196 g/mol. The van der Waals surface area contributed by atoms with Crippen LogP contribution in [0.2, 0.25) is 0 Å². The van der Waals surface area contributed by atoms with Crippen LogP contribution in [-0.2, 0) is 0 Å². The molecule has 1 heterocycles. The molecule has 1 aliphatic carbocycles. The Hall–Kier alpha value is -0.610. The third-order valence-electron chi connectivity index (χ3n) is 2.23. The van der Waals surface area contributed by atoms with Gasteiger partial charge >= 0.3 is 0 Å². The van der Waals surface area contributed by atoms with Crippen LogP contribution in [0, 0.1) is 0 Å². The summed E-state index contributed by atoms with van der Waals surface area (Å²) in [6, 6.07) is 0. The summed E-state index contributed by atoms with van der Waals surface area (Å²) in [6.45, 7) is 0. The Balaban J connectivity index is 1.98. The second kappa shape index (κ2) is 4.07. The summed E-state index contributed by atoms with van der Waals surface area (Å²) in [6.07, 6.45) is 8.07. The molecule has 1 aromatic heterocycles. The zero-order valence-corrected chi connectivity index (χ0v) is 8.07. The molecule has 13 heavy (non-hydrogen) atoms. The molecule has 0 aromatic carbocycles. The van der Waals surface area contributed by atoms with E-state index in [-0.39, 0.29) is 6.10 Å². The Kier molecular flexibility index (Phi) is 2.80. The van der Waals surface area contributed by atoms with Gasteiger partial charge in [-0.25, -0.2) is 4.98 Å². The Morgan fingerprint density at radius 1 is 1.38 bits per heavy atom. The van der Waals surface area contributed by atoms with Gasteiger partial charge in [-0.15, -0.1) is 0 Å². The van der Waals surface area contributed by atoms with Gasteiger partial charge in [0.25, 0.3) is 0 Å². The Bertz CT molecular complexity index is 268. The maximum atomic E-state index is 9.58. The lowest BCUT2D eigenvalue weighted by Crippen LogP contribution is -2.15. The smallest absolute Gasteiger partial charge is 0.115 e. The van der Waals surface area contributed by atoms with Gasteiger partial charge in [-0.3, -0.25) is 4.98 Å². The first-order valence-corrected chi connectivity index (χ1v) is 5.35. The molecular formula is C9H12N2OS. The van der Waals surface area contributed by atoms with Crippen LogP contribution in [0.3, 0.4) is 0 Å². The molecule has 4 heteroatoms. The number of aromatic nitrogens is 2. The van der Waals surface area contributed by atoms with E-state index < -0.39 is 0 Å². The van der Waals surface area contributed by atoms with Crippen LogP contribution in [0.15, 0.2) is 23.6 Å². The van der Waals surface area contributed by atoms with Crippen molar-refractivity contribution in [3.8, 4) is 0 Å². The highest BCUT2D eigenvalue weighted by Gasteiger charge is 2.26. The van der Waals surface area contributed by atoms with E-state index in [1.54, 1.807) is 30.4 Å². The van der Waals surface area contributed by atoms with Crippen LogP contribution >= 0.6 is 11.8 Å². The normalized spacial score (nSPS) is 27.8. The monoisotopic (exact) mass is 196 g/mol. The van der Waals surface area contributed by atoms with Gasteiger partial charge in [0.05, 0.1) is 12.3 Å². The maximum absolute atomic E-state index is 9.58. The second-order valence-corrected chi connectivity index (χ2v) is 4.46. The molecule has 0 bridgehead atoms. The van der Waals surface area contributed by atoms with Gasteiger partial charge in [0.1, 0.15) is 5.03 Å². The largest absolute Gasteiger partial charge is 0.392 e. The van der Waals surface area contributed by atoms with Gasteiger partial charge in [0, 0.05) is 17.6 Å². The van der Waals surface area contributed by atoms with Crippen LogP contribution < -0.4 is 0 Å². The van der Waals surface area contributed by atoms with E-state index in [9.17, 15) is 5.11 Å². The molecule has 0 radical (unpaired) electrons. The SMILES string of the molecule is O[C@H]1CCC[C@@H]1Sc1cnccn1. The van der Waals surface area contributed by atoms with Crippen molar-refractivity contribution in [1.82, 2.24) is 9.97 Å². The first-order valence-electron chi connectivity index (χ1n) is 4.47. The summed E-state index contributed by atoms with van der Waals surface area (Å²) in [5.41, 5.74) is 0. The molecule has 1 N–H and O–H groups in total. The molecule has 2 atom stereocenters. The lowest BCUT2D eigenvalue weighted by Gasteiger charge is -2.12. The van der Waals surface area contributed by atoms with Crippen molar-refractivity contribution in [2.24, 2.45) is 0 Å². The minimum atomic E-state index is -0.160. The van der Waals surface area contributed by atoms with E-state index in [1.807, 2.05) is 0 Å². The molecule has 3 nitrogen and oxygen atoms in total. The number of thioether (sulfide) groups is 1. The average Bonchev–Trinajstić information content (AvgIpc) is 2.54. The van der Waals surface area contributed by atoms with Gasteiger partial charge in [0.2, 0.25) is 0 Å². The summed E-state index contributed by atoms with van der Waals surface area (Å²) < 4.78 is 0. The van der Waals surface area contributed by atoms with Gasteiger partial charge in [-0.05, 0) is 19.3 Å². The van der Waals surface area contributed by atoms with Gasteiger partial charge in [-0.2, -0.15) is 0 Å². The summed E-state index contributed by atoms with van der Waals surface area (Å²) in [4.78, 5) is 8.15. The van der Waals surface area contributed by atoms with E-state index in [0.29, 0.717) is 5.25 Å². The van der Waals surface area contributed by atoms with E-state index in [4.69, 9.17) is 0 Å². The first-order chi connectivity index (χ1) is 6.36. The van der Waals surface area contributed by atoms with Crippen LogP contribution in [-0.4, -0.2) is 26.4 Å². The van der Waals surface area contributed by atoms with Crippen molar-refractivity contribution in [2.45, 2.75) is 35.6 Å². The lowest BCUT2D eigenvalue weighted by atomic mass is 10.3. The van der Waals surface area contributed by atoms with Crippen molar-refractivity contribution in [3.05, 3.63) is 18.6 Å². The van der Waals surface area contributed by atoms with Crippen molar-refractivity contribution in [2.75, 3.05) is 0 Å². The quantitative estimate of drug-likeness (QED) is 0.778. The van der Waals surface area contributed by atoms with Crippen molar-refractivity contribution < 1.29 is 5.11 Å². The third kappa shape index (κ3) is 2.19. The van der Waals surface area contributed by atoms with Crippen molar-refractivity contribution in [3.63, 3.8) is 0 Å². The number of rotatable bonds is 2. The van der Waals surface area contributed by atoms with Crippen LogP contribution in [0.4, 0.5) is 0 Å². The lowest BCUT2D eigenvalue weighted by molar-refractivity contribution is 0.188. The van der Waals surface area contributed by atoms with E-state index in [1.165, 1.54) is 0 Å². The van der Waals surface area contributed by atoms with Crippen molar-refractivity contribution in [1.29, 1.82) is 0 Å². The zero-order chi connectivity index (χ0) is 9.10. The predicted molar refractivity (Wildman–Crippen MR) is 51.5 cm³/mol. The third-order valence-corrected chi connectivity index (χ3v) is 3.53. The molecule has 1 aliphatic rings. The zero-order valence-electron chi connectivity index (χ0n) is 7.26. The molecular weight excluding hydrogens is 184 g/mol. The fourth-order valence-electron chi connectivity index (χ4n) is 1.55. The molecule has 0 amide bonds. The topological polar surface area (TPSA) is 46.0 Å². The standard InChI is InChI=1S/C9H12N2OS/c12-7-2-1-3-8(7)13-9-6-10-4-5-11-9/h4-8,12H,1-3H2/t7-,8-/m0/s1. The summed E-state index contributed by atoms with van der Waals surface area (Å²) in [5, 5.41) is 10.8. The highest BCUT2D eigenvalue weighted by Crippen LogP contribution is 2.33. The first kappa shape index (κ1) is 8.97. The van der Waals surface area contributed by atoms with Crippen LogP contribution in [0.1, 0.15) is 19.3 Å². The number of hydrogen-bond donors (Lipinski definition) is 1. The molecule has 0 unspecified atom stereocenters. The van der Waals surface area contributed by atoms with E-state index in [0.717, 1.165) is 24.3 Å². The number of aliphatic hydroxyl groups excluding tert-OH is 1. The Morgan fingerprint density at radius 3 is 2.92 bits per heavy atom. The molecule has 0 aliphatic heterocycles. The Morgan fingerprint density at radius 2 is 2.31 bits per heavy atom. The minimum Gasteiger partial charge on any atom is -0.392 e. The summed E-state index contributed by atoms with van der Waals surface area (Å²) >= 11 is 1.64.